The first-order chi connectivity index (χ1) is 13.4. The number of amides is 1. The predicted molar refractivity (Wildman–Crippen MR) is 117 cm³/mol. The topological polar surface area (TPSA) is 69.2 Å². The maximum atomic E-state index is 11.9. The smallest absolute Gasteiger partial charge is 0.240 e. The number of ether oxygens (including phenoxy) is 3. The molecule has 8 heteroatoms. The zero-order chi connectivity index (χ0) is 20.5. The molecule has 0 aromatic heterocycles. The van der Waals surface area contributed by atoms with Crippen LogP contribution in [0.3, 0.4) is 0 Å². The fourth-order valence-corrected chi connectivity index (χ4v) is 3.61. The highest BCUT2D eigenvalue weighted by atomic mass is 79.9. The molecule has 0 heterocycles. The van der Waals surface area contributed by atoms with Gasteiger partial charge in [0.1, 0.15) is 5.75 Å². The van der Waals surface area contributed by atoms with Gasteiger partial charge >= 0.3 is 0 Å². The molecule has 0 bridgehead atoms. The van der Waals surface area contributed by atoms with E-state index in [1.807, 2.05) is 31.2 Å². The van der Waals surface area contributed by atoms with Crippen LogP contribution in [0, 0.1) is 6.92 Å². The zero-order valence-electron chi connectivity index (χ0n) is 15.9. The van der Waals surface area contributed by atoms with Crippen LogP contribution in [-0.4, -0.2) is 32.9 Å². The van der Waals surface area contributed by atoms with Gasteiger partial charge in [-0.05, 0) is 80.6 Å². The molecule has 2 aromatic carbocycles. The van der Waals surface area contributed by atoms with Crippen LogP contribution >= 0.6 is 31.9 Å². The van der Waals surface area contributed by atoms with Crippen LogP contribution in [0.15, 0.2) is 44.4 Å². The second-order valence-electron chi connectivity index (χ2n) is 5.92. The molecule has 150 valence electrons. The molecule has 0 unspecified atom stereocenters. The van der Waals surface area contributed by atoms with E-state index in [9.17, 15) is 4.79 Å². The average Bonchev–Trinajstić information content (AvgIpc) is 2.66. The second kappa shape index (κ2) is 11.1. The number of rotatable bonds is 9. The summed E-state index contributed by atoms with van der Waals surface area (Å²) >= 11 is 6.88. The van der Waals surface area contributed by atoms with Gasteiger partial charge < -0.3 is 14.2 Å². The molecule has 0 fully saturated rings. The highest BCUT2D eigenvalue weighted by Gasteiger charge is 2.09. The van der Waals surface area contributed by atoms with E-state index in [0.717, 1.165) is 25.8 Å². The number of hydrogen-bond acceptors (Lipinski definition) is 5. The van der Waals surface area contributed by atoms with Gasteiger partial charge in [-0.15, -0.1) is 0 Å². The minimum Gasteiger partial charge on any atom is -0.493 e. The molecule has 0 aliphatic carbocycles. The molecule has 0 spiro atoms. The van der Waals surface area contributed by atoms with Crippen LogP contribution in [0.5, 0.6) is 17.2 Å². The van der Waals surface area contributed by atoms with Gasteiger partial charge in [0.05, 0.1) is 36.0 Å². The Morgan fingerprint density at radius 2 is 1.89 bits per heavy atom. The molecule has 0 saturated heterocycles. The highest BCUT2D eigenvalue weighted by molar-refractivity contribution is 9.10. The van der Waals surface area contributed by atoms with Crippen molar-refractivity contribution in [2.45, 2.75) is 19.8 Å². The SMILES string of the molecule is COc1cc(/C=N/NC(=O)CCCOc2ccc(C)cc2Br)cc(Br)c1OC. The van der Waals surface area contributed by atoms with Crippen molar-refractivity contribution < 1.29 is 19.0 Å². The Kier molecular flexibility index (Phi) is 8.79. The van der Waals surface area contributed by atoms with E-state index in [0.29, 0.717) is 30.9 Å². The first kappa shape index (κ1) is 22.2. The summed E-state index contributed by atoms with van der Waals surface area (Å²) in [7, 11) is 3.13. The summed E-state index contributed by atoms with van der Waals surface area (Å²) in [6.07, 6.45) is 2.45. The lowest BCUT2D eigenvalue weighted by atomic mass is 10.2. The summed E-state index contributed by atoms with van der Waals surface area (Å²) < 4.78 is 17.9. The first-order valence-electron chi connectivity index (χ1n) is 8.57. The monoisotopic (exact) mass is 512 g/mol. The molecule has 2 rings (SSSR count). The van der Waals surface area contributed by atoms with E-state index in [1.54, 1.807) is 26.5 Å². The van der Waals surface area contributed by atoms with Crippen molar-refractivity contribution in [2.24, 2.45) is 5.10 Å². The van der Waals surface area contributed by atoms with Crippen molar-refractivity contribution in [3.63, 3.8) is 0 Å². The Morgan fingerprint density at radius 1 is 1.11 bits per heavy atom. The van der Waals surface area contributed by atoms with E-state index in [-0.39, 0.29) is 5.91 Å². The van der Waals surface area contributed by atoms with Gasteiger partial charge in [-0.25, -0.2) is 5.43 Å². The maximum absolute atomic E-state index is 11.9. The maximum Gasteiger partial charge on any atom is 0.240 e. The quantitative estimate of drug-likeness (QED) is 0.296. The molecule has 28 heavy (non-hydrogen) atoms. The van der Waals surface area contributed by atoms with Gasteiger partial charge in [-0.3, -0.25) is 4.79 Å². The minimum absolute atomic E-state index is 0.178. The number of methoxy groups -OCH3 is 2. The summed E-state index contributed by atoms with van der Waals surface area (Å²) in [6.45, 7) is 2.46. The average molecular weight is 514 g/mol. The minimum atomic E-state index is -0.178. The molecule has 0 aliphatic rings. The number of halogens is 2. The third-order valence-electron chi connectivity index (χ3n) is 3.75. The van der Waals surface area contributed by atoms with E-state index in [1.165, 1.54) is 0 Å². The number of aryl methyl sites for hydroxylation is 1. The van der Waals surface area contributed by atoms with Gasteiger partial charge in [0.2, 0.25) is 5.91 Å². The van der Waals surface area contributed by atoms with Crippen molar-refractivity contribution in [2.75, 3.05) is 20.8 Å². The number of carbonyl (C=O) groups excluding carboxylic acids is 1. The van der Waals surface area contributed by atoms with Crippen LogP contribution in [0.2, 0.25) is 0 Å². The molecular weight excluding hydrogens is 492 g/mol. The third-order valence-corrected chi connectivity index (χ3v) is 4.96. The number of carbonyl (C=O) groups is 1. The van der Waals surface area contributed by atoms with E-state index in [4.69, 9.17) is 14.2 Å². The molecule has 1 N–H and O–H groups in total. The molecule has 1 amide bonds. The van der Waals surface area contributed by atoms with Crippen molar-refractivity contribution >= 4 is 44.0 Å². The van der Waals surface area contributed by atoms with E-state index >= 15 is 0 Å². The van der Waals surface area contributed by atoms with E-state index < -0.39 is 0 Å². The van der Waals surface area contributed by atoms with Gasteiger partial charge in [-0.1, -0.05) is 6.07 Å². The van der Waals surface area contributed by atoms with Crippen molar-refractivity contribution in [3.8, 4) is 17.2 Å². The van der Waals surface area contributed by atoms with Crippen LogP contribution in [-0.2, 0) is 4.79 Å². The van der Waals surface area contributed by atoms with Crippen LogP contribution in [0.25, 0.3) is 0 Å². The largest absolute Gasteiger partial charge is 0.493 e. The Morgan fingerprint density at radius 3 is 2.57 bits per heavy atom. The Labute approximate surface area is 181 Å². The number of nitrogens with one attached hydrogen (secondary N) is 1. The fourth-order valence-electron chi connectivity index (χ4n) is 2.38. The lowest BCUT2D eigenvalue weighted by Crippen LogP contribution is -2.18. The van der Waals surface area contributed by atoms with Crippen LogP contribution in [0.4, 0.5) is 0 Å². The first-order valence-corrected chi connectivity index (χ1v) is 10.2. The molecular formula is C20H22Br2N2O4. The van der Waals surface area contributed by atoms with Gasteiger partial charge in [0.25, 0.3) is 0 Å². The summed E-state index contributed by atoms with van der Waals surface area (Å²) in [5, 5.41) is 3.98. The highest BCUT2D eigenvalue weighted by Crippen LogP contribution is 2.35. The van der Waals surface area contributed by atoms with Crippen LogP contribution in [0.1, 0.15) is 24.0 Å². The van der Waals surface area contributed by atoms with Crippen molar-refractivity contribution in [1.29, 1.82) is 0 Å². The number of hydrogen-bond donors (Lipinski definition) is 1. The standard InChI is InChI=1S/C20H22Br2N2O4/c1-13-6-7-17(15(21)9-13)28-8-4-5-19(25)24-23-12-14-10-16(22)20(27-3)18(11-14)26-2/h6-7,9-12H,4-5,8H2,1-3H3,(H,24,25)/b23-12+. The third kappa shape index (κ3) is 6.53. The number of hydrazone groups is 1. The Balaban J connectivity index is 1.78. The lowest BCUT2D eigenvalue weighted by Gasteiger charge is -2.10. The van der Waals surface area contributed by atoms with Gasteiger partial charge in [0, 0.05) is 6.42 Å². The molecule has 0 atom stereocenters. The molecule has 6 nitrogen and oxygen atoms in total. The zero-order valence-corrected chi connectivity index (χ0v) is 19.1. The van der Waals surface area contributed by atoms with Gasteiger partial charge in [0.15, 0.2) is 11.5 Å². The predicted octanol–water partition coefficient (Wildman–Crippen LogP) is 4.85. The van der Waals surface area contributed by atoms with Gasteiger partial charge in [-0.2, -0.15) is 5.10 Å². The summed E-state index contributed by atoms with van der Waals surface area (Å²) in [4.78, 5) is 11.9. The van der Waals surface area contributed by atoms with E-state index in [2.05, 4.69) is 42.4 Å². The summed E-state index contributed by atoms with van der Waals surface area (Å²) in [5.74, 6) is 1.76. The Bertz CT molecular complexity index is 856. The molecule has 2 aromatic rings. The van der Waals surface area contributed by atoms with Crippen molar-refractivity contribution in [3.05, 3.63) is 50.4 Å². The lowest BCUT2D eigenvalue weighted by molar-refractivity contribution is -0.121. The van der Waals surface area contributed by atoms with Crippen LogP contribution < -0.4 is 19.6 Å². The second-order valence-corrected chi connectivity index (χ2v) is 7.63. The molecule has 0 saturated carbocycles. The Hall–Kier alpha value is -2.06. The molecule has 0 aliphatic heterocycles. The fraction of sp³-hybridized carbons (Fsp3) is 0.300. The molecule has 0 radical (unpaired) electrons. The number of nitrogens with zero attached hydrogens (tertiary/aromatic N) is 1. The van der Waals surface area contributed by atoms with Crippen molar-refractivity contribution in [1.82, 2.24) is 5.43 Å². The summed E-state index contributed by atoms with van der Waals surface area (Å²) in [5.41, 5.74) is 4.42. The normalized spacial score (nSPS) is 10.8. The summed E-state index contributed by atoms with van der Waals surface area (Å²) in [6, 6.07) is 9.47. The number of benzene rings is 2.